The monoisotopic (exact) mass is 299 g/mol. The summed E-state index contributed by atoms with van der Waals surface area (Å²) in [6.07, 6.45) is 7.98. The molecule has 0 radical (unpaired) electrons. The fraction of sp³-hybridized carbons (Fsp3) is 0.571. The van der Waals surface area contributed by atoms with Gasteiger partial charge in [0.25, 0.3) is 0 Å². The molecule has 0 bridgehead atoms. The third-order valence-corrected chi connectivity index (χ3v) is 4.20. The summed E-state index contributed by atoms with van der Waals surface area (Å²) in [5.41, 5.74) is 0.600. The fourth-order valence-corrected chi connectivity index (χ4v) is 3.03. The lowest BCUT2D eigenvalue weighted by molar-refractivity contribution is 0.345. The molecule has 0 heterocycles. The second-order valence-corrected chi connectivity index (χ2v) is 5.67. The van der Waals surface area contributed by atoms with E-state index >= 15 is 0 Å². The summed E-state index contributed by atoms with van der Waals surface area (Å²) in [7, 11) is 0. The van der Waals surface area contributed by atoms with E-state index in [1.54, 1.807) is 6.07 Å². The van der Waals surface area contributed by atoms with Crippen LogP contribution < -0.4 is 5.32 Å². The van der Waals surface area contributed by atoms with Gasteiger partial charge in [-0.1, -0.05) is 38.2 Å². The van der Waals surface area contributed by atoms with Crippen LogP contribution in [-0.4, -0.2) is 6.54 Å². The minimum absolute atomic E-state index is 0.178. The van der Waals surface area contributed by atoms with E-state index in [4.69, 9.17) is 0 Å². The Morgan fingerprint density at radius 2 is 2.00 bits per heavy atom. The van der Waals surface area contributed by atoms with Crippen LogP contribution in [0.15, 0.2) is 22.7 Å². The van der Waals surface area contributed by atoms with Crippen molar-refractivity contribution in [2.75, 3.05) is 11.9 Å². The molecule has 0 unspecified atom stereocenters. The van der Waals surface area contributed by atoms with E-state index in [-0.39, 0.29) is 5.82 Å². The number of halogens is 2. The quantitative estimate of drug-likeness (QED) is 0.827. The highest BCUT2D eigenvalue weighted by Crippen LogP contribution is 2.28. The van der Waals surface area contributed by atoms with Gasteiger partial charge in [-0.2, -0.15) is 0 Å². The van der Waals surface area contributed by atoms with Crippen molar-refractivity contribution in [3.63, 3.8) is 0 Å². The van der Waals surface area contributed by atoms with Crippen LogP contribution >= 0.6 is 15.9 Å². The van der Waals surface area contributed by atoms with E-state index < -0.39 is 0 Å². The number of benzene rings is 1. The molecule has 3 heteroatoms. The number of nitrogens with one attached hydrogen (secondary N) is 1. The lowest BCUT2D eigenvalue weighted by Gasteiger charge is -2.21. The molecule has 1 fully saturated rings. The molecule has 1 nitrogen and oxygen atoms in total. The average molecular weight is 300 g/mol. The second kappa shape index (κ2) is 6.39. The van der Waals surface area contributed by atoms with Crippen molar-refractivity contribution in [3.8, 4) is 0 Å². The van der Waals surface area contributed by atoms with Crippen LogP contribution in [0, 0.1) is 11.7 Å². The zero-order valence-electron chi connectivity index (χ0n) is 10.0. The van der Waals surface area contributed by atoms with Gasteiger partial charge in [0, 0.05) is 11.0 Å². The maximum atomic E-state index is 13.5. The highest BCUT2D eigenvalue weighted by atomic mass is 79.9. The molecule has 1 N–H and O–H groups in total. The minimum atomic E-state index is -0.178. The smallest absolute Gasteiger partial charge is 0.147 e. The van der Waals surface area contributed by atoms with Gasteiger partial charge in [-0.15, -0.1) is 0 Å². The Balaban J connectivity index is 1.81. The Morgan fingerprint density at radius 3 is 2.71 bits per heavy atom. The zero-order valence-corrected chi connectivity index (χ0v) is 11.6. The van der Waals surface area contributed by atoms with Gasteiger partial charge in [0.2, 0.25) is 0 Å². The van der Waals surface area contributed by atoms with E-state index in [0.717, 1.165) is 23.4 Å². The SMILES string of the molecule is Fc1cccc(Br)c1NCCC1CCCCC1. The van der Waals surface area contributed by atoms with Gasteiger partial charge in [0.05, 0.1) is 5.69 Å². The first-order valence-electron chi connectivity index (χ1n) is 6.45. The summed E-state index contributed by atoms with van der Waals surface area (Å²) in [5.74, 6) is 0.657. The zero-order chi connectivity index (χ0) is 12.1. The topological polar surface area (TPSA) is 12.0 Å². The van der Waals surface area contributed by atoms with E-state index in [9.17, 15) is 4.39 Å². The molecule has 1 aliphatic carbocycles. The van der Waals surface area contributed by atoms with Crippen LogP contribution in [0.1, 0.15) is 38.5 Å². The van der Waals surface area contributed by atoms with Crippen LogP contribution in [0.3, 0.4) is 0 Å². The number of anilines is 1. The lowest BCUT2D eigenvalue weighted by Crippen LogP contribution is -2.12. The summed E-state index contributed by atoms with van der Waals surface area (Å²) in [5, 5.41) is 3.21. The van der Waals surface area contributed by atoms with Gasteiger partial charge in [-0.25, -0.2) is 4.39 Å². The van der Waals surface area contributed by atoms with Crippen LogP contribution in [0.4, 0.5) is 10.1 Å². The average Bonchev–Trinajstić information content (AvgIpc) is 2.34. The van der Waals surface area contributed by atoms with E-state index in [1.165, 1.54) is 38.2 Å². The van der Waals surface area contributed by atoms with Crippen molar-refractivity contribution in [1.82, 2.24) is 0 Å². The fourth-order valence-electron chi connectivity index (χ4n) is 2.54. The molecule has 1 aliphatic rings. The van der Waals surface area contributed by atoms with Gasteiger partial charge in [-0.3, -0.25) is 0 Å². The van der Waals surface area contributed by atoms with Gasteiger partial charge < -0.3 is 5.32 Å². The van der Waals surface area contributed by atoms with Crippen molar-refractivity contribution in [1.29, 1.82) is 0 Å². The molecular formula is C14H19BrFN. The highest BCUT2D eigenvalue weighted by molar-refractivity contribution is 9.10. The first-order chi connectivity index (χ1) is 8.27. The number of para-hydroxylation sites is 1. The number of rotatable bonds is 4. The molecule has 0 amide bonds. The number of hydrogen-bond acceptors (Lipinski definition) is 1. The molecule has 0 spiro atoms. The van der Waals surface area contributed by atoms with E-state index in [2.05, 4.69) is 21.2 Å². The maximum Gasteiger partial charge on any atom is 0.147 e. The van der Waals surface area contributed by atoms with Crippen LogP contribution in [0.25, 0.3) is 0 Å². The lowest BCUT2D eigenvalue weighted by atomic mass is 9.87. The molecule has 17 heavy (non-hydrogen) atoms. The van der Waals surface area contributed by atoms with Crippen molar-refractivity contribution < 1.29 is 4.39 Å². The van der Waals surface area contributed by atoms with E-state index in [0.29, 0.717) is 5.69 Å². The second-order valence-electron chi connectivity index (χ2n) is 4.82. The molecule has 94 valence electrons. The van der Waals surface area contributed by atoms with Crippen LogP contribution in [0.2, 0.25) is 0 Å². The Hall–Kier alpha value is -0.570. The summed E-state index contributed by atoms with van der Waals surface area (Å²) < 4.78 is 14.3. The van der Waals surface area contributed by atoms with Gasteiger partial charge >= 0.3 is 0 Å². The summed E-state index contributed by atoms with van der Waals surface area (Å²) in [4.78, 5) is 0. The van der Waals surface area contributed by atoms with Gasteiger partial charge in [0.1, 0.15) is 5.82 Å². The molecular weight excluding hydrogens is 281 g/mol. The predicted octanol–water partition coefficient (Wildman–Crippen LogP) is 4.97. The maximum absolute atomic E-state index is 13.5. The molecule has 2 rings (SSSR count). The Bertz CT molecular complexity index is 341. The first kappa shape index (κ1) is 12.9. The standard InChI is InChI=1S/C14H19BrFN/c15-12-7-4-8-13(16)14(12)17-10-9-11-5-2-1-3-6-11/h4,7-8,11,17H,1-3,5-6,9-10H2. The highest BCUT2D eigenvalue weighted by Gasteiger charge is 2.13. The summed E-state index contributed by atoms with van der Waals surface area (Å²) >= 11 is 3.37. The molecule has 1 aromatic rings. The van der Waals surface area contributed by atoms with Gasteiger partial charge in [0.15, 0.2) is 0 Å². The molecule has 1 aromatic carbocycles. The third kappa shape index (κ3) is 3.70. The molecule has 0 aromatic heterocycles. The summed E-state index contributed by atoms with van der Waals surface area (Å²) in [6.45, 7) is 0.865. The number of hydrogen-bond donors (Lipinski definition) is 1. The largest absolute Gasteiger partial charge is 0.382 e. The third-order valence-electron chi connectivity index (χ3n) is 3.54. The molecule has 0 saturated heterocycles. The Kier molecular flexibility index (Phi) is 4.84. The predicted molar refractivity (Wildman–Crippen MR) is 73.8 cm³/mol. The normalized spacial score (nSPS) is 17.1. The molecule has 0 aliphatic heterocycles. The van der Waals surface area contributed by atoms with Crippen LogP contribution in [0.5, 0.6) is 0 Å². The Morgan fingerprint density at radius 1 is 1.24 bits per heavy atom. The molecule has 1 saturated carbocycles. The van der Waals surface area contributed by atoms with Crippen molar-refractivity contribution >= 4 is 21.6 Å². The Labute approximate surface area is 111 Å². The van der Waals surface area contributed by atoms with Crippen molar-refractivity contribution in [2.24, 2.45) is 5.92 Å². The molecule has 0 atom stereocenters. The van der Waals surface area contributed by atoms with Crippen LogP contribution in [-0.2, 0) is 0 Å². The van der Waals surface area contributed by atoms with Crippen molar-refractivity contribution in [2.45, 2.75) is 38.5 Å². The van der Waals surface area contributed by atoms with Crippen molar-refractivity contribution in [3.05, 3.63) is 28.5 Å². The van der Waals surface area contributed by atoms with E-state index in [1.807, 2.05) is 6.07 Å². The van der Waals surface area contributed by atoms with Gasteiger partial charge in [-0.05, 0) is 40.4 Å². The minimum Gasteiger partial charge on any atom is -0.382 e. The first-order valence-corrected chi connectivity index (χ1v) is 7.24. The summed E-state index contributed by atoms with van der Waals surface area (Å²) in [6, 6.07) is 5.07.